The van der Waals surface area contributed by atoms with Crippen LogP contribution in [0.25, 0.3) is 0 Å². The second kappa shape index (κ2) is 4.01. The molecule has 1 atom stereocenters. The number of nitrogens with one attached hydrogen (secondary N) is 1. The quantitative estimate of drug-likeness (QED) is 0.819. The predicted molar refractivity (Wildman–Crippen MR) is 61.8 cm³/mol. The van der Waals surface area contributed by atoms with E-state index >= 15 is 0 Å². The molecule has 78 valence electrons. The first-order valence-electron chi connectivity index (χ1n) is 5.11. The van der Waals surface area contributed by atoms with Gasteiger partial charge < -0.3 is 10.2 Å². The molecular formula is C11H18N2S. The maximum absolute atomic E-state index is 3.36. The molecule has 0 aromatic carbocycles. The Morgan fingerprint density at radius 1 is 1.50 bits per heavy atom. The first-order chi connectivity index (χ1) is 6.70. The molecule has 1 aromatic heterocycles. The van der Waals surface area contributed by atoms with Crippen LogP contribution < -0.4 is 5.32 Å². The lowest BCUT2D eigenvalue weighted by Gasteiger charge is -2.38. The van der Waals surface area contributed by atoms with Crippen LogP contribution >= 0.6 is 11.3 Å². The zero-order valence-corrected chi connectivity index (χ0v) is 9.90. The molecule has 3 heteroatoms. The Labute approximate surface area is 89.9 Å². The van der Waals surface area contributed by atoms with Gasteiger partial charge in [-0.25, -0.2) is 0 Å². The van der Waals surface area contributed by atoms with Gasteiger partial charge in [-0.05, 0) is 38.0 Å². The number of thiophene rings is 1. The molecule has 2 heterocycles. The highest BCUT2D eigenvalue weighted by atomic mass is 32.1. The van der Waals surface area contributed by atoms with Crippen LogP contribution in [-0.2, 0) is 0 Å². The Morgan fingerprint density at radius 3 is 2.57 bits per heavy atom. The van der Waals surface area contributed by atoms with Crippen molar-refractivity contribution < 1.29 is 0 Å². The van der Waals surface area contributed by atoms with E-state index < -0.39 is 0 Å². The molecule has 1 aliphatic heterocycles. The summed E-state index contributed by atoms with van der Waals surface area (Å²) in [6.07, 6.45) is 0. The molecule has 0 amide bonds. The predicted octanol–water partition coefficient (Wildman–Crippen LogP) is 1.88. The first kappa shape index (κ1) is 10.1. The largest absolute Gasteiger partial charge is 0.316 e. The van der Waals surface area contributed by atoms with Crippen molar-refractivity contribution >= 4 is 11.3 Å². The van der Waals surface area contributed by atoms with Crippen LogP contribution in [0.1, 0.15) is 16.5 Å². The Hall–Kier alpha value is -0.380. The van der Waals surface area contributed by atoms with E-state index in [4.69, 9.17) is 0 Å². The summed E-state index contributed by atoms with van der Waals surface area (Å²) >= 11 is 1.89. The van der Waals surface area contributed by atoms with Gasteiger partial charge in [-0.15, -0.1) is 11.3 Å². The molecule has 14 heavy (non-hydrogen) atoms. The Balaban J connectivity index is 2.22. The smallest absolute Gasteiger partial charge is 0.0490 e. The minimum Gasteiger partial charge on any atom is -0.316 e. The molecule has 0 spiro atoms. The highest BCUT2D eigenvalue weighted by molar-refractivity contribution is 7.10. The van der Waals surface area contributed by atoms with E-state index in [1.54, 1.807) is 4.88 Å². The molecule has 1 saturated heterocycles. The number of hydrogen-bond donors (Lipinski definition) is 1. The van der Waals surface area contributed by atoms with Crippen LogP contribution in [0.5, 0.6) is 0 Å². The maximum atomic E-state index is 3.36. The summed E-state index contributed by atoms with van der Waals surface area (Å²) in [5.41, 5.74) is 1.45. The molecule has 1 unspecified atom stereocenters. The van der Waals surface area contributed by atoms with E-state index in [-0.39, 0.29) is 0 Å². The Kier molecular flexibility index (Phi) is 2.91. The molecular weight excluding hydrogens is 192 g/mol. The SMILES string of the molecule is Cc1ccsc1C(C1CNC1)N(C)C. The third kappa shape index (κ3) is 1.72. The van der Waals surface area contributed by atoms with Crippen LogP contribution in [0.2, 0.25) is 0 Å². The van der Waals surface area contributed by atoms with Gasteiger partial charge >= 0.3 is 0 Å². The van der Waals surface area contributed by atoms with Crippen LogP contribution in [-0.4, -0.2) is 32.1 Å². The van der Waals surface area contributed by atoms with Gasteiger partial charge in [0.25, 0.3) is 0 Å². The molecule has 1 aliphatic rings. The monoisotopic (exact) mass is 210 g/mol. The number of hydrogen-bond acceptors (Lipinski definition) is 3. The summed E-state index contributed by atoms with van der Waals surface area (Å²) in [7, 11) is 4.37. The Bertz CT molecular complexity index is 302. The number of aryl methyl sites for hydroxylation is 1. The molecule has 1 aromatic rings. The topological polar surface area (TPSA) is 15.3 Å². The summed E-state index contributed by atoms with van der Waals surface area (Å²) in [6, 6.07) is 2.83. The van der Waals surface area contributed by atoms with Crippen molar-refractivity contribution in [2.45, 2.75) is 13.0 Å². The minimum absolute atomic E-state index is 0.608. The fourth-order valence-electron chi connectivity index (χ4n) is 2.09. The van der Waals surface area contributed by atoms with E-state index in [9.17, 15) is 0 Å². The molecule has 0 radical (unpaired) electrons. The van der Waals surface area contributed by atoms with Crippen molar-refractivity contribution in [1.29, 1.82) is 0 Å². The normalized spacial score (nSPS) is 19.7. The summed E-state index contributed by atoms with van der Waals surface area (Å²) in [5, 5.41) is 5.56. The summed E-state index contributed by atoms with van der Waals surface area (Å²) in [4.78, 5) is 3.89. The van der Waals surface area contributed by atoms with Crippen LogP contribution in [0, 0.1) is 12.8 Å². The van der Waals surface area contributed by atoms with Gasteiger partial charge in [-0.2, -0.15) is 0 Å². The van der Waals surface area contributed by atoms with Gasteiger partial charge in [0.1, 0.15) is 0 Å². The molecule has 1 N–H and O–H groups in total. The van der Waals surface area contributed by atoms with E-state index in [0.717, 1.165) is 5.92 Å². The standard InChI is InChI=1S/C11H18N2S/c1-8-4-5-14-11(8)10(13(2)3)9-6-12-7-9/h4-5,9-10,12H,6-7H2,1-3H3. The lowest BCUT2D eigenvalue weighted by Crippen LogP contribution is -2.48. The zero-order valence-electron chi connectivity index (χ0n) is 9.08. The summed E-state index contributed by atoms with van der Waals surface area (Å²) < 4.78 is 0. The van der Waals surface area contributed by atoms with Gasteiger partial charge in [-0.1, -0.05) is 0 Å². The summed E-state index contributed by atoms with van der Waals surface area (Å²) in [5.74, 6) is 0.794. The molecule has 2 rings (SSSR count). The lowest BCUT2D eigenvalue weighted by atomic mass is 9.91. The number of rotatable bonds is 3. The van der Waals surface area contributed by atoms with E-state index in [1.165, 1.54) is 18.7 Å². The molecule has 0 aliphatic carbocycles. The first-order valence-corrected chi connectivity index (χ1v) is 5.99. The van der Waals surface area contributed by atoms with E-state index in [2.05, 4.69) is 42.7 Å². The van der Waals surface area contributed by atoms with Crippen molar-refractivity contribution in [1.82, 2.24) is 10.2 Å². The van der Waals surface area contributed by atoms with Crippen molar-refractivity contribution in [3.8, 4) is 0 Å². The second-order valence-corrected chi connectivity index (χ2v) is 5.24. The van der Waals surface area contributed by atoms with Crippen molar-refractivity contribution in [3.63, 3.8) is 0 Å². The minimum atomic E-state index is 0.608. The third-order valence-corrected chi connectivity index (χ3v) is 4.08. The molecule has 0 bridgehead atoms. The average Bonchev–Trinajstić information content (AvgIpc) is 2.42. The average molecular weight is 210 g/mol. The van der Waals surface area contributed by atoms with E-state index in [0.29, 0.717) is 6.04 Å². The zero-order chi connectivity index (χ0) is 10.1. The fourth-order valence-corrected chi connectivity index (χ4v) is 3.31. The van der Waals surface area contributed by atoms with Gasteiger partial charge in [0, 0.05) is 29.9 Å². The van der Waals surface area contributed by atoms with Gasteiger partial charge in [0.05, 0.1) is 0 Å². The third-order valence-electron chi connectivity index (χ3n) is 2.99. The van der Waals surface area contributed by atoms with Crippen molar-refractivity contribution in [2.24, 2.45) is 5.92 Å². The molecule has 2 nitrogen and oxygen atoms in total. The summed E-state index contributed by atoms with van der Waals surface area (Å²) in [6.45, 7) is 4.55. The lowest BCUT2D eigenvalue weighted by molar-refractivity contribution is 0.163. The van der Waals surface area contributed by atoms with Gasteiger partial charge in [-0.3, -0.25) is 0 Å². The maximum Gasteiger partial charge on any atom is 0.0490 e. The van der Waals surface area contributed by atoms with E-state index in [1.807, 2.05) is 11.3 Å². The highest BCUT2D eigenvalue weighted by Crippen LogP contribution is 2.34. The number of nitrogens with zero attached hydrogens (tertiary/aromatic N) is 1. The van der Waals surface area contributed by atoms with Crippen LogP contribution in [0.3, 0.4) is 0 Å². The second-order valence-electron chi connectivity index (χ2n) is 4.29. The molecule has 0 saturated carbocycles. The van der Waals surface area contributed by atoms with Crippen LogP contribution in [0.4, 0.5) is 0 Å². The Morgan fingerprint density at radius 2 is 2.21 bits per heavy atom. The van der Waals surface area contributed by atoms with Crippen LogP contribution in [0.15, 0.2) is 11.4 Å². The molecule has 1 fully saturated rings. The fraction of sp³-hybridized carbons (Fsp3) is 0.636. The van der Waals surface area contributed by atoms with Gasteiger partial charge in [0.2, 0.25) is 0 Å². The highest BCUT2D eigenvalue weighted by Gasteiger charge is 2.31. The van der Waals surface area contributed by atoms with Gasteiger partial charge in [0.15, 0.2) is 0 Å². The van der Waals surface area contributed by atoms with Crippen molar-refractivity contribution in [3.05, 3.63) is 21.9 Å². The van der Waals surface area contributed by atoms with Crippen molar-refractivity contribution in [2.75, 3.05) is 27.2 Å².